The van der Waals surface area contributed by atoms with Gasteiger partial charge in [0.2, 0.25) is 5.91 Å². The molecule has 1 aliphatic carbocycles. The highest BCUT2D eigenvalue weighted by Gasteiger charge is 2.27. The van der Waals surface area contributed by atoms with Crippen LogP contribution in [0.25, 0.3) is 0 Å². The van der Waals surface area contributed by atoms with E-state index < -0.39 is 0 Å². The summed E-state index contributed by atoms with van der Waals surface area (Å²) in [5, 5.41) is 0. The number of hydrogen-bond donors (Lipinski definition) is 0. The first-order chi connectivity index (χ1) is 10.3. The Labute approximate surface area is 125 Å². The van der Waals surface area contributed by atoms with E-state index in [0.29, 0.717) is 30.8 Å². The Kier molecular flexibility index (Phi) is 4.68. The molecule has 0 bridgehead atoms. The Morgan fingerprint density at radius 2 is 1.95 bits per heavy atom. The van der Waals surface area contributed by atoms with Crippen LogP contribution < -0.4 is 4.74 Å². The lowest BCUT2D eigenvalue weighted by Gasteiger charge is -2.33. The van der Waals surface area contributed by atoms with Crippen LogP contribution in [0.2, 0.25) is 0 Å². The molecule has 0 unspecified atom stereocenters. The van der Waals surface area contributed by atoms with Gasteiger partial charge < -0.3 is 9.64 Å². The Morgan fingerprint density at radius 3 is 2.71 bits per heavy atom. The molecule has 3 rings (SSSR count). The number of carbonyl (C=O) groups excluding carboxylic acids is 1. The predicted molar refractivity (Wildman–Crippen MR) is 78.8 cm³/mol. The van der Waals surface area contributed by atoms with Crippen molar-refractivity contribution in [1.29, 1.82) is 0 Å². The van der Waals surface area contributed by atoms with Crippen LogP contribution in [0, 0.1) is 5.92 Å². The van der Waals surface area contributed by atoms with Gasteiger partial charge in [-0.15, -0.1) is 0 Å². The monoisotopic (exact) mass is 289 g/mol. The van der Waals surface area contributed by atoms with Gasteiger partial charge in [-0.25, -0.2) is 9.97 Å². The third-order valence-electron chi connectivity index (χ3n) is 4.48. The van der Waals surface area contributed by atoms with Gasteiger partial charge in [0.15, 0.2) is 0 Å². The largest absolute Gasteiger partial charge is 0.458 e. The van der Waals surface area contributed by atoms with Crippen LogP contribution in [0.4, 0.5) is 0 Å². The number of nitrogens with zero attached hydrogens (tertiary/aromatic N) is 3. The first-order valence-corrected chi connectivity index (χ1v) is 8.03. The van der Waals surface area contributed by atoms with Crippen molar-refractivity contribution in [1.82, 2.24) is 14.9 Å². The molecule has 114 valence electrons. The summed E-state index contributed by atoms with van der Waals surface area (Å²) in [6.07, 6.45) is 11.1. The maximum Gasteiger partial charge on any atom is 0.316 e. The van der Waals surface area contributed by atoms with Gasteiger partial charge in [0.05, 0.1) is 6.54 Å². The lowest BCUT2D eigenvalue weighted by Crippen LogP contribution is -2.44. The van der Waals surface area contributed by atoms with Crippen molar-refractivity contribution in [3.63, 3.8) is 0 Å². The zero-order chi connectivity index (χ0) is 14.5. The van der Waals surface area contributed by atoms with E-state index in [2.05, 4.69) is 9.97 Å². The van der Waals surface area contributed by atoms with Crippen molar-refractivity contribution < 1.29 is 9.53 Å². The van der Waals surface area contributed by atoms with Gasteiger partial charge >= 0.3 is 6.01 Å². The van der Waals surface area contributed by atoms with E-state index in [0.717, 1.165) is 19.4 Å². The lowest BCUT2D eigenvalue weighted by atomic mass is 10.0. The van der Waals surface area contributed by atoms with Crippen molar-refractivity contribution in [3.8, 4) is 6.01 Å². The summed E-state index contributed by atoms with van der Waals surface area (Å²) in [7, 11) is 0. The van der Waals surface area contributed by atoms with Crippen molar-refractivity contribution in [2.24, 2.45) is 5.92 Å². The van der Waals surface area contributed by atoms with E-state index in [1.165, 1.54) is 25.7 Å². The number of rotatable bonds is 4. The fourth-order valence-corrected chi connectivity index (χ4v) is 3.35. The molecular formula is C16H23N3O2. The molecule has 1 saturated carbocycles. The van der Waals surface area contributed by atoms with Crippen LogP contribution in [0.15, 0.2) is 18.5 Å². The molecule has 0 radical (unpaired) electrons. The zero-order valence-electron chi connectivity index (χ0n) is 12.4. The first-order valence-electron chi connectivity index (χ1n) is 8.03. The topological polar surface area (TPSA) is 55.3 Å². The molecule has 1 aromatic rings. The summed E-state index contributed by atoms with van der Waals surface area (Å²) in [4.78, 5) is 22.5. The van der Waals surface area contributed by atoms with Crippen LogP contribution in [0.5, 0.6) is 6.01 Å². The third-order valence-corrected chi connectivity index (χ3v) is 4.48. The molecule has 1 saturated heterocycles. The van der Waals surface area contributed by atoms with Gasteiger partial charge in [-0.1, -0.05) is 12.8 Å². The maximum atomic E-state index is 12.4. The average molecular weight is 289 g/mol. The second-order valence-electron chi connectivity index (χ2n) is 6.11. The predicted octanol–water partition coefficient (Wildman–Crippen LogP) is 2.43. The minimum absolute atomic E-state index is 0.0219. The molecule has 1 atom stereocenters. The van der Waals surface area contributed by atoms with Crippen molar-refractivity contribution in [2.45, 2.75) is 51.0 Å². The molecule has 5 nitrogen and oxygen atoms in total. The normalized spacial score (nSPS) is 23.2. The minimum Gasteiger partial charge on any atom is -0.458 e. The summed E-state index contributed by atoms with van der Waals surface area (Å²) < 4.78 is 5.79. The molecule has 0 spiro atoms. The molecule has 21 heavy (non-hydrogen) atoms. The molecule has 2 heterocycles. The molecule has 1 aromatic heterocycles. The zero-order valence-corrected chi connectivity index (χ0v) is 12.4. The SMILES string of the molecule is O=C(CC1CCCC1)N1CCC[C@H](Oc2ncccn2)C1. The van der Waals surface area contributed by atoms with E-state index in [4.69, 9.17) is 4.74 Å². The Balaban J connectivity index is 1.51. The number of ether oxygens (including phenoxy) is 1. The number of likely N-dealkylation sites (tertiary alicyclic amines) is 1. The van der Waals surface area contributed by atoms with Gasteiger partial charge in [0.1, 0.15) is 6.10 Å². The summed E-state index contributed by atoms with van der Waals surface area (Å²) in [6.45, 7) is 1.53. The Bertz CT molecular complexity index is 460. The standard InChI is InChI=1S/C16H23N3O2/c20-15(11-13-5-1-2-6-13)19-10-3-7-14(12-19)21-16-17-8-4-9-18-16/h4,8-9,13-14H,1-3,5-7,10-12H2/t14-/m0/s1. The summed E-state index contributed by atoms with van der Waals surface area (Å²) in [5.74, 6) is 0.903. The second kappa shape index (κ2) is 6.87. The Hall–Kier alpha value is -1.65. The molecule has 5 heteroatoms. The van der Waals surface area contributed by atoms with E-state index >= 15 is 0 Å². The second-order valence-corrected chi connectivity index (χ2v) is 6.11. The van der Waals surface area contributed by atoms with Crippen LogP contribution in [0.3, 0.4) is 0 Å². The first kappa shape index (κ1) is 14.3. The third kappa shape index (κ3) is 3.93. The van der Waals surface area contributed by atoms with E-state index in [1.54, 1.807) is 18.5 Å². The number of piperidine rings is 1. The molecule has 0 aromatic carbocycles. The van der Waals surface area contributed by atoms with Crippen molar-refractivity contribution in [3.05, 3.63) is 18.5 Å². The molecular weight excluding hydrogens is 266 g/mol. The Morgan fingerprint density at radius 1 is 1.19 bits per heavy atom. The molecule has 0 N–H and O–H groups in total. The van der Waals surface area contributed by atoms with E-state index in [9.17, 15) is 4.79 Å². The van der Waals surface area contributed by atoms with Crippen molar-refractivity contribution in [2.75, 3.05) is 13.1 Å². The van der Waals surface area contributed by atoms with Gasteiger partial charge in [0, 0.05) is 25.4 Å². The van der Waals surface area contributed by atoms with E-state index in [-0.39, 0.29) is 6.10 Å². The fraction of sp³-hybridized carbons (Fsp3) is 0.688. The number of carbonyl (C=O) groups is 1. The van der Waals surface area contributed by atoms with E-state index in [1.807, 2.05) is 4.90 Å². The van der Waals surface area contributed by atoms with Crippen LogP contribution in [-0.2, 0) is 4.79 Å². The van der Waals surface area contributed by atoms with Gasteiger partial charge in [-0.2, -0.15) is 0 Å². The van der Waals surface area contributed by atoms with Crippen LogP contribution in [0.1, 0.15) is 44.9 Å². The fourth-order valence-electron chi connectivity index (χ4n) is 3.35. The molecule has 2 fully saturated rings. The smallest absolute Gasteiger partial charge is 0.316 e. The number of amides is 1. The van der Waals surface area contributed by atoms with Gasteiger partial charge in [-0.05, 0) is 37.7 Å². The van der Waals surface area contributed by atoms with Gasteiger partial charge in [-0.3, -0.25) is 4.79 Å². The van der Waals surface area contributed by atoms with Crippen molar-refractivity contribution >= 4 is 5.91 Å². The van der Waals surface area contributed by atoms with Gasteiger partial charge in [0.25, 0.3) is 0 Å². The average Bonchev–Trinajstić information content (AvgIpc) is 3.01. The quantitative estimate of drug-likeness (QED) is 0.854. The summed E-state index contributed by atoms with van der Waals surface area (Å²) >= 11 is 0. The van der Waals surface area contributed by atoms with Crippen LogP contribution >= 0.6 is 0 Å². The minimum atomic E-state index is 0.0219. The number of aromatic nitrogens is 2. The molecule has 1 amide bonds. The number of hydrogen-bond acceptors (Lipinski definition) is 4. The highest BCUT2D eigenvalue weighted by Crippen LogP contribution is 2.28. The summed E-state index contributed by atoms with van der Waals surface area (Å²) in [6, 6.07) is 2.18. The lowest BCUT2D eigenvalue weighted by molar-refractivity contribution is -0.134. The molecule has 2 aliphatic rings. The molecule has 1 aliphatic heterocycles. The highest BCUT2D eigenvalue weighted by atomic mass is 16.5. The maximum absolute atomic E-state index is 12.4. The van der Waals surface area contributed by atoms with Crippen LogP contribution in [-0.4, -0.2) is 40.0 Å². The summed E-state index contributed by atoms with van der Waals surface area (Å²) in [5.41, 5.74) is 0. The highest BCUT2D eigenvalue weighted by molar-refractivity contribution is 5.76.